The summed E-state index contributed by atoms with van der Waals surface area (Å²) in [6.07, 6.45) is 3.12. The molecular formula is C18H21Cl2N3O2. The van der Waals surface area contributed by atoms with Gasteiger partial charge in [-0.25, -0.2) is 4.98 Å². The van der Waals surface area contributed by atoms with Crippen molar-refractivity contribution in [3.63, 3.8) is 0 Å². The molecule has 1 aromatic carbocycles. The van der Waals surface area contributed by atoms with E-state index < -0.39 is 0 Å². The molecule has 0 aliphatic heterocycles. The minimum atomic E-state index is -0.146. The molecule has 2 aromatic rings. The second-order valence-electron chi connectivity index (χ2n) is 5.44. The Morgan fingerprint density at radius 3 is 2.80 bits per heavy atom. The molecule has 0 aliphatic rings. The fourth-order valence-corrected chi connectivity index (χ4v) is 2.74. The van der Waals surface area contributed by atoms with Gasteiger partial charge in [0.15, 0.2) is 0 Å². The summed E-state index contributed by atoms with van der Waals surface area (Å²) in [5, 5.41) is 7.26. The van der Waals surface area contributed by atoms with Gasteiger partial charge in [0, 0.05) is 48.6 Å². The van der Waals surface area contributed by atoms with Gasteiger partial charge in [-0.15, -0.1) is 0 Å². The number of ether oxygens (including phenoxy) is 1. The summed E-state index contributed by atoms with van der Waals surface area (Å²) in [5.41, 5.74) is 1.51. The van der Waals surface area contributed by atoms with Crippen LogP contribution >= 0.6 is 23.2 Å². The molecule has 0 aliphatic carbocycles. The van der Waals surface area contributed by atoms with Crippen LogP contribution in [0.3, 0.4) is 0 Å². The number of carbonyl (C=O) groups is 1. The molecule has 0 saturated carbocycles. The number of halogens is 2. The molecular weight excluding hydrogens is 361 g/mol. The third kappa shape index (κ3) is 6.53. The Hall–Kier alpha value is -1.82. The van der Waals surface area contributed by atoms with Crippen molar-refractivity contribution >= 4 is 34.9 Å². The summed E-state index contributed by atoms with van der Waals surface area (Å²) in [6, 6.07) is 8.77. The zero-order valence-electron chi connectivity index (χ0n) is 14.0. The quantitative estimate of drug-likeness (QED) is 0.648. The summed E-state index contributed by atoms with van der Waals surface area (Å²) in [5.74, 6) is 0.525. The third-order valence-electron chi connectivity index (χ3n) is 3.55. The van der Waals surface area contributed by atoms with E-state index in [1.165, 1.54) is 0 Å². The van der Waals surface area contributed by atoms with Crippen LogP contribution in [0.5, 0.6) is 0 Å². The van der Waals surface area contributed by atoms with Crippen molar-refractivity contribution in [3.05, 3.63) is 57.7 Å². The first-order valence-corrected chi connectivity index (χ1v) is 8.76. The number of nitrogens with zero attached hydrogens (tertiary/aromatic N) is 1. The van der Waals surface area contributed by atoms with Crippen LogP contribution in [0.4, 0.5) is 5.82 Å². The average molecular weight is 382 g/mol. The molecule has 0 atom stereocenters. The number of benzene rings is 1. The second-order valence-corrected chi connectivity index (χ2v) is 6.29. The van der Waals surface area contributed by atoms with Crippen LogP contribution < -0.4 is 10.6 Å². The van der Waals surface area contributed by atoms with Crippen LogP contribution in [0, 0.1) is 0 Å². The van der Waals surface area contributed by atoms with Crippen LogP contribution in [-0.4, -0.2) is 37.7 Å². The topological polar surface area (TPSA) is 63.2 Å². The maximum absolute atomic E-state index is 12.3. The van der Waals surface area contributed by atoms with Gasteiger partial charge in [0.1, 0.15) is 5.82 Å². The van der Waals surface area contributed by atoms with E-state index in [0.717, 1.165) is 18.5 Å². The highest BCUT2D eigenvalue weighted by molar-refractivity contribution is 6.35. The van der Waals surface area contributed by atoms with Crippen molar-refractivity contribution in [3.8, 4) is 0 Å². The third-order valence-corrected chi connectivity index (χ3v) is 4.14. The molecule has 7 heteroatoms. The average Bonchev–Trinajstić information content (AvgIpc) is 2.61. The first kappa shape index (κ1) is 19.5. The summed E-state index contributed by atoms with van der Waals surface area (Å²) in [7, 11) is 1.67. The summed E-state index contributed by atoms with van der Waals surface area (Å²) in [6.45, 7) is 1.90. The highest BCUT2D eigenvalue weighted by Gasteiger charge is 2.07. The van der Waals surface area contributed by atoms with Crippen molar-refractivity contribution < 1.29 is 9.53 Å². The van der Waals surface area contributed by atoms with Crippen molar-refractivity contribution in [2.45, 2.75) is 12.8 Å². The fraction of sp³-hybridized carbons (Fsp3) is 0.333. The molecule has 5 nitrogen and oxygen atoms in total. The Kier molecular flexibility index (Phi) is 7.98. The van der Waals surface area contributed by atoms with Gasteiger partial charge in [-0.05, 0) is 42.7 Å². The zero-order chi connectivity index (χ0) is 18.1. The van der Waals surface area contributed by atoms with E-state index in [9.17, 15) is 4.79 Å². The summed E-state index contributed by atoms with van der Waals surface area (Å²) < 4.78 is 5.00. The van der Waals surface area contributed by atoms with E-state index in [2.05, 4.69) is 15.6 Å². The van der Waals surface area contributed by atoms with E-state index in [0.29, 0.717) is 41.0 Å². The lowest BCUT2D eigenvalue weighted by atomic mass is 10.1. The minimum Gasteiger partial charge on any atom is -0.385 e. The smallest absolute Gasteiger partial charge is 0.251 e. The second kappa shape index (κ2) is 10.2. The largest absolute Gasteiger partial charge is 0.385 e. The van der Waals surface area contributed by atoms with Crippen molar-refractivity contribution in [2.75, 3.05) is 32.1 Å². The molecule has 134 valence electrons. The Balaban J connectivity index is 1.83. The number of nitrogens with one attached hydrogen (secondary N) is 2. The monoisotopic (exact) mass is 381 g/mol. The number of methoxy groups -OCH3 is 1. The highest BCUT2D eigenvalue weighted by Crippen LogP contribution is 2.21. The molecule has 2 rings (SSSR count). The SMILES string of the molecule is COCCCNc1cc(C(=O)NCCc2ccc(Cl)cc2Cl)ccn1. The number of rotatable bonds is 9. The molecule has 1 amide bonds. The Labute approximate surface area is 157 Å². The van der Waals surface area contributed by atoms with Gasteiger partial charge in [0.2, 0.25) is 0 Å². The standard InChI is InChI=1S/C18H21Cl2N3O2/c1-25-10-2-7-21-17-11-14(6-8-22-17)18(24)23-9-5-13-3-4-15(19)12-16(13)20/h3-4,6,8,11-12H,2,5,7,9-10H2,1H3,(H,21,22)(H,23,24). The number of carbonyl (C=O) groups excluding carboxylic acids is 1. The molecule has 0 saturated heterocycles. The highest BCUT2D eigenvalue weighted by atomic mass is 35.5. The molecule has 0 unspecified atom stereocenters. The molecule has 0 radical (unpaired) electrons. The minimum absolute atomic E-state index is 0.146. The van der Waals surface area contributed by atoms with Crippen LogP contribution in [0.25, 0.3) is 0 Å². The number of hydrogen-bond acceptors (Lipinski definition) is 4. The molecule has 25 heavy (non-hydrogen) atoms. The zero-order valence-corrected chi connectivity index (χ0v) is 15.5. The van der Waals surface area contributed by atoms with E-state index in [4.69, 9.17) is 27.9 Å². The Morgan fingerprint density at radius 2 is 2.04 bits per heavy atom. The summed E-state index contributed by atoms with van der Waals surface area (Å²) in [4.78, 5) is 16.5. The van der Waals surface area contributed by atoms with Crippen LogP contribution in [0.15, 0.2) is 36.5 Å². The molecule has 0 bridgehead atoms. The number of anilines is 1. The van der Waals surface area contributed by atoms with Gasteiger partial charge in [-0.2, -0.15) is 0 Å². The lowest BCUT2D eigenvalue weighted by Gasteiger charge is -2.09. The lowest BCUT2D eigenvalue weighted by molar-refractivity contribution is 0.0954. The maximum atomic E-state index is 12.3. The fourth-order valence-electron chi connectivity index (χ4n) is 2.24. The maximum Gasteiger partial charge on any atom is 0.251 e. The van der Waals surface area contributed by atoms with E-state index in [-0.39, 0.29) is 5.91 Å². The predicted octanol–water partition coefficient (Wildman–Crippen LogP) is 3.81. The number of amides is 1. The van der Waals surface area contributed by atoms with E-state index >= 15 is 0 Å². The van der Waals surface area contributed by atoms with Gasteiger partial charge in [-0.1, -0.05) is 29.3 Å². The van der Waals surface area contributed by atoms with Gasteiger partial charge < -0.3 is 15.4 Å². The van der Waals surface area contributed by atoms with Gasteiger partial charge in [0.05, 0.1) is 0 Å². The predicted molar refractivity (Wildman–Crippen MR) is 102 cm³/mol. The molecule has 1 heterocycles. The lowest BCUT2D eigenvalue weighted by Crippen LogP contribution is -2.26. The van der Waals surface area contributed by atoms with Crippen LogP contribution in [0.1, 0.15) is 22.3 Å². The van der Waals surface area contributed by atoms with Gasteiger partial charge in [-0.3, -0.25) is 4.79 Å². The summed E-state index contributed by atoms with van der Waals surface area (Å²) >= 11 is 12.0. The van der Waals surface area contributed by atoms with Crippen LogP contribution in [-0.2, 0) is 11.2 Å². The molecule has 0 fully saturated rings. The van der Waals surface area contributed by atoms with Crippen molar-refractivity contribution in [2.24, 2.45) is 0 Å². The number of hydrogen-bond donors (Lipinski definition) is 2. The molecule has 0 spiro atoms. The van der Waals surface area contributed by atoms with Crippen molar-refractivity contribution in [1.82, 2.24) is 10.3 Å². The first-order chi connectivity index (χ1) is 12.1. The number of aromatic nitrogens is 1. The van der Waals surface area contributed by atoms with Crippen molar-refractivity contribution in [1.29, 1.82) is 0 Å². The van der Waals surface area contributed by atoms with Gasteiger partial charge in [0.25, 0.3) is 5.91 Å². The molecule has 2 N–H and O–H groups in total. The number of pyridine rings is 1. The van der Waals surface area contributed by atoms with Crippen LogP contribution in [0.2, 0.25) is 10.0 Å². The molecule has 1 aromatic heterocycles. The van der Waals surface area contributed by atoms with E-state index in [1.54, 1.807) is 37.6 Å². The normalized spacial score (nSPS) is 10.5. The Bertz CT molecular complexity index is 710. The van der Waals surface area contributed by atoms with E-state index in [1.807, 2.05) is 6.07 Å². The first-order valence-electron chi connectivity index (χ1n) is 8.01. The Morgan fingerprint density at radius 1 is 1.20 bits per heavy atom. The van der Waals surface area contributed by atoms with Gasteiger partial charge >= 0.3 is 0 Å².